The molecule has 6 nitrogen and oxygen atoms in total. The molecule has 33 heavy (non-hydrogen) atoms. The van der Waals surface area contributed by atoms with E-state index in [1.54, 1.807) is 14.2 Å². The van der Waals surface area contributed by atoms with E-state index in [2.05, 4.69) is 39.8 Å². The fourth-order valence-corrected chi connectivity index (χ4v) is 4.84. The Balaban J connectivity index is 1.35. The van der Waals surface area contributed by atoms with Crippen LogP contribution in [0, 0.1) is 5.92 Å². The summed E-state index contributed by atoms with van der Waals surface area (Å²) in [4.78, 5) is 20.5. The quantitative estimate of drug-likeness (QED) is 0.447. The Hall–Kier alpha value is -2.83. The van der Waals surface area contributed by atoms with Gasteiger partial charge in [0.15, 0.2) is 0 Å². The van der Waals surface area contributed by atoms with Gasteiger partial charge in [-0.3, -0.25) is 9.63 Å². The predicted molar refractivity (Wildman–Crippen MR) is 132 cm³/mol. The summed E-state index contributed by atoms with van der Waals surface area (Å²) in [5, 5.41) is 2.16. The van der Waals surface area contributed by atoms with Gasteiger partial charge in [0.1, 0.15) is 5.75 Å². The van der Waals surface area contributed by atoms with Crippen LogP contribution in [-0.2, 0) is 17.8 Å². The second kappa shape index (κ2) is 10.9. The highest BCUT2D eigenvalue weighted by Gasteiger charge is 2.21. The highest BCUT2D eigenvalue weighted by Crippen LogP contribution is 2.28. The van der Waals surface area contributed by atoms with Gasteiger partial charge in [-0.05, 0) is 75.0 Å². The summed E-state index contributed by atoms with van der Waals surface area (Å²) in [5.41, 5.74) is 3.14. The van der Waals surface area contributed by atoms with E-state index in [1.807, 2.05) is 24.4 Å². The van der Waals surface area contributed by atoms with E-state index in [1.165, 1.54) is 50.1 Å². The summed E-state index contributed by atoms with van der Waals surface area (Å²) < 4.78 is 7.58. The van der Waals surface area contributed by atoms with Gasteiger partial charge in [-0.1, -0.05) is 30.3 Å². The Kier molecular flexibility index (Phi) is 7.68. The van der Waals surface area contributed by atoms with Crippen molar-refractivity contribution in [2.45, 2.75) is 32.2 Å². The minimum Gasteiger partial charge on any atom is -0.497 e. The lowest BCUT2D eigenvalue weighted by Gasteiger charge is -2.32. The van der Waals surface area contributed by atoms with Gasteiger partial charge in [0.2, 0.25) is 0 Å². The van der Waals surface area contributed by atoms with E-state index in [0.717, 1.165) is 42.1 Å². The third-order valence-electron chi connectivity index (χ3n) is 6.83. The van der Waals surface area contributed by atoms with Gasteiger partial charge >= 0.3 is 0 Å². The Morgan fingerprint density at radius 3 is 2.52 bits per heavy atom. The smallest absolute Gasteiger partial charge is 0.279 e. The molecule has 0 N–H and O–H groups in total. The molecule has 1 amide bonds. The van der Waals surface area contributed by atoms with Crippen LogP contribution >= 0.6 is 0 Å². The molecule has 2 aromatic carbocycles. The number of likely N-dealkylation sites (tertiary alicyclic amines) is 1. The summed E-state index contributed by atoms with van der Waals surface area (Å²) in [6, 6.07) is 16.8. The van der Waals surface area contributed by atoms with Crippen LogP contribution in [0.15, 0.2) is 54.7 Å². The molecule has 176 valence electrons. The van der Waals surface area contributed by atoms with Crippen molar-refractivity contribution in [2.75, 3.05) is 40.9 Å². The molecule has 3 aromatic rings. The van der Waals surface area contributed by atoms with Crippen LogP contribution in [0.2, 0.25) is 0 Å². The first-order valence-electron chi connectivity index (χ1n) is 11.8. The van der Waals surface area contributed by atoms with Gasteiger partial charge in [0.05, 0.1) is 19.8 Å². The van der Waals surface area contributed by atoms with Crippen molar-refractivity contribution in [3.05, 3.63) is 65.9 Å². The number of carbonyl (C=O) groups is 1. The number of carbonyl (C=O) groups excluding carboxylic acids is 1. The van der Waals surface area contributed by atoms with E-state index in [4.69, 9.17) is 9.57 Å². The zero-order chi connectivity index (χ0) is 23.2. The van der Waals surface area contributed by atoms with Crippen molar-refractivity contribution in [3.8, 4) is 5.75 Å². The average Bonchev–Trinajstić information content (AvgIpc) is 3.22. The largest absolute Gasteiger partial charge is 0.497 e. The van der Waals surface area contributed by atoms with Gasteiger partial charge in [-0.2, -0.15) is 0 Å². The van der Waals surface area contributed by atoms with Crippen molar-refractivity contribution in [3.63, 3.8) is 0 Å². The maximum absolute atomic E-state index is 12.8. The Bertz CT molecular complexity index is 1060. The number of hydroxylamine groups is 2. The summed E-state index contributed by atoms with van der Waals surface area (Å²) in [7, 11) is 4.78. The van der Waals surface area contributed by atoms with Gasteiger partial charge in [-0.25, -0.2) is 5.06 Å². The molecule has 0 atom stereocenters. The van der Waals surface area contributed by atoms with E-state index >= 15 is 0 Å². The molecular formula is C27H35N3O3. The molecule has 1 aliphatic heterocycles. The number of ether oxygens (including phenoxy) is 1. The number of benzene rings is 2. The van der Waals surface area contributed by atoms with E-state index in [9.17, 15) is 4.79 Å². The van der Waals surface area contributed by atoms with Crippen molar-refractivity contribution >= 4 is 16.8 Å². The highest BCUT2D eigenvalue weighted by molar-refractivity contribution is 6.06. The maximum Gasteiger partial charge on any atom is 0.279 e. The molecule has 0 unspecified atom stereocenters. The van der Waals surface area contributed by atoms with Gasteiger partial charge in [0, 0.05) is 30.7 Å². The lowest BCUT2D eigenvalue weighted by Crippen LogP contribution is -2.35. The minimum absolute atomic E-state index is 0.157. The normalized spacial score (nSPS) is 15.1. The number of aryl methyl sites for hydroxylation is 1. The summed E-state index contributed by atoms with van der Waals surface area (Å²) in [5.74, 6) is 1.38. The first-order valence-corrected chi connectivity index (χ1v) is 11.8. The van der Waals surface area contributed by atoms with Gasteiger partial charge < -0.3 is 14.2 Å². The molecule has 0 radical (unpaired) electrons. The Morgan fingerprint density at radius 1 is 1.06 bits per heavy atom. The summed E-state index contributed by atoms with van der Waals surface area (Å²) in [6.07, 6.45) is 6.73. The Labute approximate surface area is 196 Å². The number of rotatable bonds is 9. The highest BCUT2D eigenvalue weighted by atomic mass is 16.7. The van der Waals surface area contributed by atoms with Crippen molar-refractivity contribution in [1.82, 2.24) is 14.5 Å². The van der Waals surface area contributed by atoms with Crippen LogP contribution < -0.4 is 4.74 Å². The number of methoxy groups -OCH3 is 1. The van der Waals surface area contributed by atoms with Crippen molar-refractivity contribution in [2.24, 2.45) is 5.92 Å². The van der Waals surface area contributed by atoms with Crippen LogP contribution in [0.5, 0.6) is 5.75 Å². The standard InChI is InChI=1S/C27H35N3O3/c1-28(33-3)27(31)25-20-30(26-11-10-23(32-2)19-24(25)26)15-7-14-29-16-12-22(13-17-29)18-21-8-5-4-6-9-21/h4-6,8-11,19-20,22H,7,12-18H2,1-3H3. The number of fused-ring (bicyclic) bond motifs is 1. The number of hydrogen-bond acceptors (Lipinski definition) is 4. The third kappa shape index (κ3) is 5.57. The van der Waals surface area contributed by atoms with Crippen LogP contribution in [0.3, 0.4) is 0 Å². The number of aromatic nitrogens is 1. The molecule has 0 bridgehead atoms. The molecular weight excluding hydrogens is 414 g/mol. The first-order chi connectivity index (χ1) is 16.1. The topological polar surface area (TPSA) is 46.9 Å². The molecule has 6 heteroatoms. The van der Waals surface area contributed by atoms with E-state index < -0.39 is 0 Å². The summed E-state index contributed by atoms with van der Waals surface area (Å²) in [6.45, 7) is 4.29. The maximum atomic E-state index is 12.8. The number of amides is 1. The van der Waals surface area contributed by atoms with Crippen LogP contribution in [-0.4, -0.2) is 61.3 Å². The minimum atomic E-state index is -0.157. The monoisotopic (exact) mass is 449 g/mol. The second-order valence-corrected chi connectivity index (χ2v) is 8.93. The lowest BCUT2D eigenvalue weighted by molar-refractivity contribution is -0.0755. The zero-order valence-electron chi connectivity index (χ0n) is 20.0. The van der Waals surface area contributed by atoms with Gasteiger partial charge in [-0.15, -0.1) is 0 Å². The molecule has 1 fully saturated rings. The van der Waals surface area contributed by atoms with E-state index in [-0.39, 0.29) is 5.91 Å². The molecule has 1 aliphatic rings. The molecule has 0 aliphatic carbocycles. The molecule has 0 spiro atoms. The summed E-state index contributed by atoms with van der Waals surface area (Å²) >= 11 is 0. The van der Waals surface area contributed by atoms with Crippen LogP contribution in [0.25, 0.3) is 10.9 Å². The van der Waals surface area contributed by atoms with Crippen LogP contribution in [0.1, 0.15) is 35.2 Å². The number of hydrogen-bond donors (Lipinski definition) is 0. The second-order valence-electron chi connectivity index (χ2n) is 8.93. The third-order valence-corrected chi connectivity index (χ3v) is 6.83. The predicted octanol–water partition coefficient (Wildman–Crippen LogP) is 4.63. The van der Waals surface area contributed by atoms with Crippen molar-refractivity contribution in [1.29, 1.82) is 0 Å². The molecule has 1 saturated heterocycles. The fourth-order valence-electron chi connectivity index (χ4n) is 4.84. The zero-order valence-corrected chi connectivity index (χ0v) is 20.0. The van der Waals surface area contributed by atoms with Crippen LogP contribution in [0.4, 0.5) is 0 Å². The molecule has 0 saturated carbocycles. The lowest BCUT2D eigenvalue weighted by atomic mass is 9.90. The van der Waals surface area contributed by atoms with E-state index in [0.29, 0.717) is 5.56 Å². The number of piperidine rings is 1. The van der Waals surface area contributed by atoms with Crippen molar-refractivity contribution < 1.29 is 14.4 Å². The molecule has 1 aromatic heterocycles. The number of nitrogens with zero attached hydrogens (tertiary/aromatic N) is 3. The molecule has 2 heterocycles. The first kappa shape index (κ1) is 23.3. The SMILES string of the molecule is COc1ccc2c(c1)c(C(=O)N(C)OC)cn2CCCN1CCC(Cc2ccccc2)CC1. The fraction of sp³-hybridized carbons (Fsp3) is 0.444. The average molecular weight is 450 g/mol. The Morgan fingerprint density at radius 2 is 1.82 bits per heavy atom. The van der Waals surface area contributed by atoms with Gasteiger partial charge in [0.25, 0.3) is 5.91 Å². The molecule has 4 rings (SSSR count).